The molecule has 4 rings (SSSR count). The second kappa shape index (κ2) is 8.00. The number of benzene rings is 1. The van der Waals surface area contributed by atoms with Gasteiger partial charge in [-0.05, 0) is 44.4 Å². The number of aromatic nitrogens is 2. The van der Waals surface area contributed by atoms with E-state index in [2.05, 4.69) is 31.6 Å². The minimum Gasteiger partial charge on any atom is -0.381 e. The van der Waals surface area contributed by atoms with Crippen LogP contribution in [0.3, 0.4) is 0 Å². The number of nitrogens with two attached hydrogens (primary N) is 1. The molecule has 29 heavy (non-hydrogen) atoms. The average Bonchev–Trinajstić information content (AvgIpc) is 3.13. The van der Waals surface area contributed by atoms with Crippen LogP contribution in [0.15, 0.2) is 34.8 Å². The second-order valence-electron chi connectivity index (χ2n) is 7.15. The van der Waals surface area contributed by atoms with Crippen molar-refractivity contribution in [1.82, 2.24) is 25.9 Å². The first kappa shape index (κ1) is 19.1. The third-order valence-corrected chi connectivity index (χ3v) is 5.02. The Morgan fingerprint density at radius 3 is 2.90 bits per heavy atom. The van der Waals surface area contributed by atoms with Gasteiger partial charge in [-0.1, -0.05) is 0 Å². The molecule has 0 saturated carbocycles. The van der Waals surface area contributed by atoms with Crippen LogP contribution in [0.5, 0.6) is 0 Å². The predicted octanol–water partition coefficient (Wildman–Crippen LogP) is 0.663. The monoisotopic (exact) mass is 398 g/mol. The Balaban J connectivity index is 1.61. The Labute approximate surface area is 168 Å². The van der Waals surface area contributed by atoms with E-state index in [1.54, 1.807) is 0 Å². The number of rotatable bonds is 5. The molecular formula is C19H26N8O2. The molecule has 154 valence electrons. The van der Waals surface area contributed by atoms with Gasteiger partial charge in [-0.25, -0.2) is 4.99 Å². The molecule has 0 atom stereocenters. The molecule has 0 radical (unpaired) electrons. The van der Waals surface area contributed by atoms with Gasteiger partial charge in [0.1, 0.15) is 5.82 Å². The van der Waals surface area contributed by atoms with Crippen molar-refractivity contribution in [2.45, 2.75) is 39.3 Å². The molecule has 1 amide bonds. The van der Waals surface area contributed by atoms with Crippen LogP contribution >= 0.6 is 0 Å². The van der Waals surface area contributed by atoms with E-state index in [0.717, 1.165) is 41.5 Å². The molecule has 2 aromatic rings. The summed E-state index contributed by atoms with van der Waals surface area (Å²) in [6, 6.07) is 4.11. The van der Waals surface area contributed by atoms with E-state index in [-0.39, 0.29) is 11.7 Å². The highest BCUT2D eigenvalue weighted by Gasteiger charge is 2.22. The summed E-state index contributed by atoms with van der Waals surface area (Å²) in [6.07, 6.45) is 3.75. The summed E-state index contributed by atoms with van der Waals surface area (Å²) in [5.74, 6) is 0.374. The van der Waals surface area contributed by atoms with Crippen molar-refractivity contribution in [3.8, 4) is 0 Å². The third-order valence-electron chi connectivity index (χ3n) is 5.02. The van der Waals surface area contributed by atoms with E-state index in [4.69, 9.17) is 10.5 Å². The molecule has 1 aromatic carbocycles. The summed E-state index contributed by atoms with van der Waals surface area (Å²) < 4.78 is 7.28. The average molecular weight is 398 g/mol. The maximum absolute atomic E-state index is 11.9. The van der Waals surface area contributed by atoms with Crippen LogP contribution in [0.4, 0.5) is 5.69 Å². The number of hydrazine groups is 1. The minimum absolute atomic E-state index is 0.161. The van der Waals surface area contributed by atoms with Crippen molar-refractivity contribution in [3.05, 3.63) is 35.4 Å². The molecule has 0 aliphatic carbocycles. The van der Waals surface area contributed by atoms with Crippen molar-refractivity contribution < 1.29 is 9.53 Å². The zero-order chi connectivity index (χ0) is 20.4. The van der Waals surface area contributed by atoms with Gasteiger partial charge in [0.2, 0.25) is 5.96 Å². The molecule has 10 heteroatoms. The zero-order valence-corrected chi connectivity index (χ0v) is 16.6. The van der Waals surface area contributed by atoms with Crippen LogP contribution in [-0.4, -0.2) is 40.9 Å². The van der Waals surface area contributed by atoms with Crippen LogP contribution in [0.1, 0.15) is 25.3 Å². The number of anilines is 1. The Hall–Kier alpha value is -3.27. The number of guanidine groups is 1. The molecule has 10 nitrogen and oxygen atoms in total. The Kier molecular flexibility index (Phi) is 5.26. The van der Waals surface area contributed by atoms with E-state index in [1.165, 1.54) is 0 Å². The van der Waals surface area contributed by atoms with Gasteiger partial charge in [0.15, 0.2) is 5.70 Å². The predicted molar refractivity (Wildman–Crippen MR) is 111 cm³/mol. The Morgan fingerprint density at radius 2 is 2.17 bits per heavy atom. The largest absolute Gasteiger partial charge is 0.381 e. The summed E-state index contributed by atoms with van der Waals surface area (Å²) in [5.41, 5.74) is 14.2. The van der Waals surface area contributed by atoms with E-state index in [1.807, 2.05) is 36.9 Å². The van der Waals surface area contributed by atoms with Gasteiger partial charge in [-0.2, -0.15) is 5.10 Å². The van der Waals surface area contributed by atoms with Gasteiger partial charge in [-0.15, -0.1) is 0 Å². The fourth-order valence-electron chi connectivity index (χ4n) is 3.46. The van der Waals surface area contributed by atoms with Gasteiger partial charge >= 0.3 is 0 Å². The number of amides is 1. The van der Waals surface area contributed by atoms with Crippen LogP contribution in [0.25, 0.3) is 10.9 Å². The Morgan fingerprint density at radius 1 is 1.38 bits per heavy atom. The molecule has 0 spiro atoms. The third kappa shape index (κ3) is 4.11. The number of nitrogens with zero attached hydrogens (tertiary/aromatic N) is 3. The summed E-state index contributed by atoms with van der Waals surface area (Å²) in [5, 5.41) is 12.1. The number of nitrogens with one attached hydrogen (secondary N) is 4. The molecule has 6 N–H and O–H groups in total. The van der Waals surface area contributed by atoms with Gasteiger partial charge in [-0.3, -0.25) is 20.3 Å². The molecular weight excluding hydrogens is 372 g/mol. The first-order valence-electron chi connectivity index (χ1n) is 9.77. The minimum atomic E-state index is -0.592. The lowest BCUT2D eigenvalue weighted by Crippen LogP contribution is -2.54. The molecule has 3 heterocycles. The van der Waals surface area contributed by atoms with Gasteiger partial charge in [0.05, 0.1) is 11.6 Å². The topological polar surface area (TPSA) is 131 Å². The van der Waals surface area contributed by atoms with E-state index >= 15 is 0 Å². The van der Waals surface area contributed by atoms with Crippen molar-refractivity contribution >= 4 is 28.5 Å². The number of primary amides is 1. The summed E-state index contributed by atoms with van der Waals surface area (Å²) in [6.45, 7) is 6.29. The molecule has 1 saturated heterocycles. The Bertz CT molecular complexity index is 988. The van der Waals surface area contributed by atoms with Crippen LogP contribution < -0.4 is 27.2 Å². The van der Waals surface area contributed by atoms with Crippen molar-refractivity contribution in [2.75, 3.05) is 18.5 Å². The van der Waals surface area contributed by atoms with E-state index < -0.39 is 5.91 Å². The number of fused-ring (bicyclic) bond motifs is 1. The standard InChI is InChI=1S/C19H26N8O2/c1-3-27-10-14-11(2)8-13(9-15(14)26-27)21-18-16(17(20)28)24-25-19(23-18)22-12-4-6-29-7-5-12/h8-10,12,21,24H,3-7H2,1-2H3,(H2,20,28)(H2,22,23,25). The highest BCUT2D eigenvalue weighted by Crippen LogP contribution is 2.24. The highest BCUT2D eigenvalue weighted by atomic mass is 16.5. The molecule has 2 aliphatic heterocycles. The number of carbonyl (C=O) groups is 1. The molecule has 0 bridgehead atoms. The van der Waals surface area contributed by atoms with Crippen molar-refractivity contribution in [1.29, 1.82) is 0 Å². The molecule has 0 unspecified atom stereocenters. The lowest BCUT2D eigenvalue weighted by Gasteiger charge is -2.27. The smallest absolute Gasteiger partial charge is 0.270 e. The van der Waals surface area contributed by atoms with Crippen molar-refractivity contribution in [3.63, 3.8) is 0 Å². The molecule has 2 aliphatic rings. The summed E-state index contributed by atoms with van der Waals surface area (Å²) in [7, 11) is 0. The van der Waals surface area contributed by atoms with Crippen LogP contribution in [-0.2, 0) is 16.1 Å². The first-order chi connectivity index (χ1) is 14.0. The van der Waals surface area contributed by atoms with Crippen LogP contribution in [0, 0.1) is 6.92 Å². The SMILES string of the molecule is CCn1cc2c(C)cc(NC3=C(C(N)=O)NNC(=NC4CCOCC4)N3)cc2n1. The summed E-state index contributed by atoms with van der Waals surface area (Å²) in [4.78, 5) is 16.6. The normalized spacial score (nSPS) is 19.0. The van der Waals surface area contributed by atoms with Gasteiger partial charge in [0, 0.05) is 37.0 Å². The number of aryl methyl sites for hydroxylation is 2. The van der Waals surface area contributed by atoms with Gasteiger partial charge in [0.25, 0.3) is 5.91 Å². The second-order valence-corrected chi connectivity index (χ2v) is 7.15. The number of aliphatic imine (C=N–C) groups is 1. The van der Waals surface area contributed by atoms with E-state index in [9.17, 15) is 4.79 Å². The maximum Gasteiger partial charge on any atom is 0.270 e. The maximum atomic E-state index is 11.9. The number of hydrogen-bond acceptors (Lipinski definition) is 6. The van der Waals surface area contributed by atoms with Crippen molar-refractivity contribution in [2.24, 2.45) is 10.7 Å². The quantitative estimate of drug-likeness (QED) is 0.500. The molecule has 1 aromatic heterocycles. The summed E-state index contributed by atoms with van der Waals surface area (Å²) >= 11 is 0. The molecule has 1 fully saturated rings. The zero-order valence-electron chi connectivity index (χ0n) is 16.6. The van der Waals surface area contributed by atoms with Gasteiger partial charge < -0.3 is 21.1 Å². The lowest BCUT2D eigenvalue weighted by atomic mass is 10.1. The number of hydrogen-bond donors (Lipinski definition) is 5. The van der Waals surface area contributed by atoms with E-state index in [0.29, 0.717) is 25.0 Å². The highest BCUT2D eigenvalue weighted by molar-refractivity contribution is 5.96. The fourth-order valence-corrected chi connectivity index (χ4v) is 3.46. The number of ether oxygens (including phenoxy) is 1. The number of carbonyl (C=O) groups excluding carboxylic acids is 1. The van der Waals surface area contributed by atoms with Crippen LogP contribution in [0.2, 0.25) is 0 Å². The lowest BCUT2D eigenvalue weighted by molar-refractivity contribution is -0.115. The fraction of sp³-hybridized carbons (Fsp3) is 0.421. The first-order valence-corrected chi connectivity index (χ1v) is 9.77.